The number of rotatable bonds is 7. The fraction of sp³-hybridized carbons (Fsp3) is 0.600. The second kappa shape index (κ2) is 8.15. The van der Waals surface area contributed by atoms with E-state index < -0.39 is 0 Å². The standard InChI is InChI=1S/C15H23NO3/c1-16-12-13-3-2-4-15(11-13)19-10-9-18-14-5-7-17-8-6-14/h2-4,11,14,16H,5-10,12H2,1H3. The Hall–Kier alpha value is -1.10. The molecule has 0 aromatic heterocycles. The van der Waals surface area contributed by atoms with Gasteiger partial charge in [0.25, 0.3) is 0 Å². The molecule has 0 radical (unpaired) electrons. The Bertz CT molecular complexity index is 364. The van der Waals surface area contributed by atoms with Crippen molar-refractivity contribution in [2.24, 2.45) is 0 Å². The largest absolute Gasteiger partial charge is 0.491 e. The van der Waals surface area contributed by atoms with Crippen molar-refractivity contribution in [1.29, 1.82) is 0 Å². The molecule has 0 spiro atoms. The van der Waals surface area contributed by atoms with Gasteiger partial charge >= 0.3 is 0 Å². The van der Waals surface area contributed by atoms with Crippen LogP contribution in [0, 0.1) is 0 Å². The lowest BCUT2D eigenvalue weighted by atomic mass is 10.2. The van der Waals surface area contributed by atoms with Gasteiger partial charge in [-0.3, -0.25) is 0 Å². The molecule has 1 aliphatic rings. The summed E-state index contributed by atoms with van der Waals surface area (Å²) in [4.78, 5) is 0. The van der Waals surface area contributed by atoms with E-state index in [0.29, 0.717) is 19.3 Å². The molecule has 1 aromatic rings. The monoisotopic (exact) mass is 265 g/mol. The molecule has 19 heavy (non-hydrogen) atoms. The summed E-state index contributed by atoms with van der Waals surface area (Å²) in [6, 6.07) is 8.14. The molecule has 4 heteroatoms. The van der Waals surface area contributed by atoms with Crippen molar-refractivity contribution in [1.82, 2.24) is 5.32 Å². The van der Waals surface area contributed by atoms with Crippen LogP contribution in [0.3, 0.4) is 0 Å². The summed E-state index contributed by atoms with van der Waals surface area (Å²) in [5, 5.41) is 3.13. The molecular weight excluding hydrogens is 242 g/mol. The minimum Gasteiger partial charge on any atom is -0.491 e. The third-order valence-corrected chi connectivity index (χ3v) is 3.15. The van der Waals surface area contributed by atoms with Crippen LogP contribution in [0.5, 0.6) is 5.75 Å². The van der Waals surface area contributed by atoms with Crippen LogP contribution in [0.15, 0.2) is 24.3 Å². The third kappa shape index (κ3) is 5.19. The first kappa shape index (κ1) is 14.3. The zero-order valence-electron chi connectivity index (χ0n) is 11.6. The topological polar surface area (TPSA) is 39.7 Å². The van der Waals surface area contributed by atoms with Crippen LogP contribution >= 0.6 is 0 Å². The normalized spacial score (nSPS) is 16.5. The van der Waals surface area contributed by atoms with E-state index in [1.54, 1.807) is 0 Å². The van der Waals surface area contributed by atoms with Crippen LogP contribution in [0.4, 0.5) is 0 Å². The van der Waals surface area contributed by atoms with E-state index in [4.69, 9.17) is 14.2 Å². The lowest BCUT2D eigenvalue weighted by molar-refractivity contribution is -0.0388. The molecule has 0 bridgehead atoms. The highest BCUT2D eigenvalue weighted by atomic mass is 16.5. The molecule has 1 saturated heterocycles. The first-order valence-corrected chi connectivity index (χ1v) is 6.94. The summed E-state index contributed by atoms with van der Waals surface area (Å²) < 4.78 is 16.8. The van der Waals surface area contributed by atoms with Crippen LogP contribution < -0.4 is 10.1 Å². The Balaban J connectivity index is 1.65. The van der Waals surface area contributed by atoms with Gasteiger partial charge in [0.05, 0.1) is 12.7 Å². The van der Waals surface area contributed by atoms with Gasteiger partial charge in [-0.2, -0.15) is 0 Å². The fourth-order valence-electron chi connectivity index (χ4n) is 2.17. The van der Waals surface area contributed by atoms with Crippen molar-refractivity contribution in [3.63, 3.8) is 0 Å². The SMILES string of the molecule is CNCc1cccc(OCCOC2CCOCC2)c1. The van der Waals surface area contributed by atoms with Crippen molar-refractivity contribution in [3.05, 3.63) is 29.8 Å². The maximum absolute atomic E-state index is 5.77. The van der Waals surface area contributed by atoms with Crippen molar-refractivity contribution in [2.75, 3.05) is 33.5 Å². The molecule has 1 aliphatic heterocycles. The predicted octanol–water partition coefficient (Wildman–Crippen LogP) is 1.98. The minimum atomic E-state index is 0.341. The first-order valence-electron chi connectivity index (χ1n) is 6.94. The lowest BCUT2D eigenvalue weighted by Gasteiger charge is -2.22. The van der Waals surface area contributed by atoms with E-state index >= 15 is 0 Å². The second-order valence-electron chi connectivity index (χ2n) is 4.71. The number of ether oxygens (including phenoxy) is 3. The lowest BCUT2D eigenvalue weighted by Crippen LogP contribution is -2.25. The molecular formula is C15H23NO3. The van der Waals surface area contributed by atoms with E-state index in [1.807, 2.05) is 19.2 Å². The smallest absolute Gasteiger partial charge is 0.119 e. The van der Waals surface area contributed by atoms with Gasteiger partial charge in [-0.1, -0.05) is 12.1 Å². The summed E-state index contributed by atoms with van der Waals surface area (Å²) in [5.74, 6) is 0.906. The summed E-state index contributed by atoms with van der Waals surface area (Å²) in [6.45, 7) is 3.73. The molecule has 4 nitrogen and oxygen atoms in total. The van der Waals surface area contributed by atoms with Gasteiger partial charge in [0.1, 0.15) is 12.4 Å². The molecule has 2 rings (SSSR count). The maximum Gasteiger partial charge on any atom is 0.119 e. The molecule has 106 valence electrons. The van der Waals surface area contributed by atoms with E-state index in [1.165, 1.54) is 5.56 Å². The van der Waals surface area contributed by atoms with Gasteiger partial charge in [-0.25, -0.2) is 0 Å². The van der Waals surface area contributed by atoms with E-state index in [0.717, 1.165) is 38.3 Å². The molecule has 0 aliphatic carbocycles. The molecule has 0 unspecified atom stereocenters. The summed E-state index contributed by atoms with van der Waals surface area (Å²) in [5.41, 5.74) is 1.23. The molecule has 0 saturated carbocycles. The second-order valence-corrected chi connectivity index (χ2v) is 4.71. The van der Waals surface area contributed by atoms with E-state index in [9.17, 15) is 0 Å². The highest BCUT2D eigenvalue weighted by Crippen LogP contribution is 2.14. The third-order valence-electron chi connectivity index (χ3n) is 3.15. The van der Waals surface area contributed by atoms with Crippen LogP contribution in [0.1, 0.15) is 18.4 Å². The quantitative estimate of drug-likeness (QED) is 0.765. The predicted molar refractivity (Wildman–Crippen MR) is 74.5 cm³/mol. The van der Waals surface area contributed by atoms with Gasteiger partial charge in [0, 0.05) is 19.8 Å². The van der Waals surface area contributed by atoms with Crippen LogP contribution in [-0.2, 0) is 16.0 Å². The van der Waals surface area contributed by atoms with Crippen molar-refractivity contribution < 1.29 is 14.2 Å². The Kier molecular flexibility index (Phi) is 6.14. The number of hydrogen-bond donors (Lipinski definition) is 1. The molecule has 0 atom stereocenters. The average molecular weight is 265 g/mol. The maximum atomic E-state index is 5.77. The average Bonchev–Trinajstić information content (AvgIpc) is 2.46. The number of hydrogen-bond acceptors (Lipinski definition) is 4. The summed E-state index contributed by atoms with van der Waals surface area (Å²) >= 11 is 0. The Morgan fingerprint density at radius 1 is 1.26 bits per heavy atom. The highest BCUT2D eigenvalue weighted by molar-refractivity contribution is 5.28. The van der Waals surface area contributed by atoms with Crippen molar-refractivity contribution >= 4 is 0 Å². The summed E-state index contributed by atoms with van der Waals surface area (Å²) in [6.07, 6.45) is 2.34. The van der Waals surface area contributed by atoms with Crippen molar-refractivity contribution in [2.45, 2.75) is 25.5 Å². The fourth-order valence-corrected chi connectivity index (χ4v) is 2.17. The first-order chi connectivity index (χ1) is 9.38. The molecule has 1 aromatic carbocycles. The van der Waals surface area contributed by atoms with E-state index in [2.05, 4.69) is 17.4 Å². The summed E-state index contributed by atoms with van der Waals surface area (Å²) in [7, 11) is 1.94. The van der Waals surface area contributed by atoms with Gasteiger partial charge < -0.3 is 19.5 Å². The minimum absolute atomic E-state index is 0.341. The van der Waals surface area contributed by atoms with Gasteiger partial charge in [0.15, 0.2) is 0 Å². The number of benzene rings is 1. The Morgan fingerprint density at radius 2 is 2.11 bits per heavy atom. The molecule has 0 amide bonds. The molecule has 1 fully saturated rings. The van der Waals surface area contributed by atoms with Gasteiger partial charge in [0.2, 0.25) is 0 Å². The van der Waals surface area contributed by atoms with Crippen LogP contribution in [-0.4, -0.2) is 39.6 Å². The van der Waals surface area contributed by atoms with Crippen LogP contribution in [0.2, 0.25) is 0 Å². The van der Waals surface area contributed by atoms with Crippen molar-refractivity contribution in [3.8, 4) is 5.75 Å². The highest BCUT2D eigenvalue weighted by Gasteiger charge is 2.13. The van der Waals surface area contributed by atoms with Crippen LogP contribution in [0.25, 0.3) is 0 Å². The van der Waals surface area contributed by atoms with Gasteiger partial charge in [-0.05, 0) is 37.6 Å². The molecule has 1 N–H and O–H groups in total. The van der Waals surface area contributed by atoms with E-state index in [-0.39, 0.29) is 0 Å². The molecule has 1 heterocycles. The Morgan fingerprint density at radius 3 is 2.89 bits per heavy atom. The zero-order valence-corrected chi connectivity index (χ0v) is 11.6. The number of nitrogens with one attached hydrogen (secondary N) is 1. The zero-order chi connectivity index (χ0) is 13.3. The van der Waals surface area contributed by atoms with Gasteiger partial charge in [-0.15, -0.1) is 0 Å². The Labute approximate surface area is 115 Å².